The molecule has 38 heavy (non-hydrogen) atoms. The zero-order valence-corrected chi connectivity index (χ0v) is 21.7. The molecule has 5 N–H and O–H groups in total. The van der Waals surface area contributed by atoms with E-state index in [1.165, 1.54) is 50.1 Å². The van der Waals surface area contributed by atoms with Gasteiger partial charge in [0, 0.05) is 24.7 Å². The molecule has 0 unspecified atom stereocenters. The topological polar surface area (TPSA) is 121 Å². The van der Waals surface area contributed by atoms with Gasteiger partial charge in [-0.25, -0.2) is 4.98 Å². The first-order chi connectivity index (χ1) is 18.4. The van der Waals surface area contributed by atoms with Crippen LogP contribution in [0.15, 0.2) is 30.5 Å². The van der Waals surface area contributed by atoms with Crippen LogP contribution in [0.4, 0.5) is 24.9 Å². The maximum Gasteiger partial charge on any atom is 0.573 e. The third-order valence-corrected chi connectivity index (χ3v) is 6.76. The molecule has 1 aromatic heterocycles. The van der Waals surface area contributed by atoms with Crippen LogP contribution in [0.3, 0.4) is 0 Å². The zero-order valence-electron chi connectivity index (χ0n) is 21.7. The minimum Gasteiger partial charge on any atom is -0.405 e. The number of alkyl halides is 3. The first-order valence-electron chi connectivity index (χ1n) is 13.4. The Kier molecular flexibility index (Phi) is 11.9. The van der Waals surface area contributed by atoms with Gasteiger partial charge in [0.25, 0.3) is 0 Å². The van der Waals surface area contributed by atoms with E-state index >= 15 is 0 Å². The van der Waals surface area contributed by atoms with Crippen LogP contribution in [0.5, 0.6) is 5.75 Å². The van der Waals surface area contributed by atoms with Crippen LogP contribution in [0.25, 0.3) is 0 Å². The van der Waals surface area contributed by atoms with E-state index in [4.69, 9.17) is 5.73 Å². The third kappa shape index (κ3) is 10.3. The lowest BCUT2D eigenvalue weighted by Gasteiger charge is -2.29. The highest BCUT2D eigenvalue weighted by atomic mass is 19.4. The smallest absolute Gasteiger partial charge is 0.405 e. The van der Waals surface area contributed by atoms with E-state index in [9.17, 15) is 18.4 Å². The van der Waals surface area contributed by atoms with E-state index in [0.717, 1.165) is 45.2 Å². The van der Waals surface area contributed by atoms with Gasteiger partial charge in [-0.05, 0) is 63.6 Å². The van der Waals surface area contributed by atoms with Crippen molar-refractivity contribution in [2.45, 2.75) is 76.7 Å². The highest BCUT2D eigenvalue weighted by Gasteiger charge is 2.32. The molecule has 1 aromatic carbocycles. The molecule has 208 valence electrons. The van der Waals surface area contributed by atoms with Gasteiger partial charge >= 0.3 is 6.36 Å². The summed E-state index contributed by atoms with van der Waals surface area (Å²) < 4.78 is 42.2. The van der Waals surface area contributed by atoms with Crippen molar-refractivity contribution in [3.63, 3.8) is 0 Å². The lowest BCUT2D eigenvalue weighted by Crippen LogP contribution is -2.35. The van der Waals surface area contributed by atoms with Crippen molar-refractivity contribution in [1.29, 1.82) is 5.26 Å². The van der Waals surface area contributed by atoms with Crippen LogP contribution in [0, 0.1) is 17.2 Å². The molecule has 1 aliphatic rings. The molecule has 0 radical (unpaired) electrons. The summed E-state index contributed by atoms with van der Waals surface area (Å²) in [5.74, 6) is 0.824. The second-order valence-electron chi connectivity index (χ2n) is 9.69. The predicted octanol–water partition coefficient (Wildman–Crippen LogP) is 5.33. The van der Waals surface area contributed by atoms with Gasteiger partial charge in [-0.3, -0.25) is 0 Å². The molecule has 11 heteroatoms. The molecule has 1 heterocycles. The molecule has 3 rings (SSSR count). The Morgan fingerprint density at radius 2 is 1.76 bits per heavy atom. The summed E-state index contributed by atoms with van der Waals surface area (Å²) in [6, 6.07) is 8.54. The average Bonchev–Trinajstić information content (AvgIpc) is 2.91. The third-order valence-electron chi connectivity index (χ3n) is 6.76. The number of aromatic nitrogens is 2. The molecule has 0 bridgehead atoms. The Labute approximate surface area is 222 Å². The molecular weight excluding hydrogens is 495 g/mol. The molecule has 0 amide bonds. The normalized spacial score (nSPS) is 17.6. The summed E-state index contributed by atoms with van der Waals surface area (Å²) in [4.78, 5) is 8.53. The Hall–Kier alpha value is -3.10. The van der Waals surface area contributed by atoms with Crippen LogP contribution in [-0.4, -0.2) is 42.0 Å². The van der Waals surface area contributed by atoms with Gasteiger partial charge in [-0.2, -0.15) is 10.2 Å². The fraction of sp³-hybridized carbons (Fsp3) is 0.593. The number of ether oxygens (including phenoxy) is 1. The summed E-state index contributed by atoms with van der Waals surface area (Å²) in [5.41, 5.74) is 6.16. The van der Waals surface area contributed by atoms with Crippen molar-refractivity contribution in [1.82, 2.24) is 15.3 Å². The predicted molar refractivity (Wildman–Crippen MR) is 142 cm³/mol. The minimum atomic E-state index is -4.78. The van der Waals surface area contributed by atoms with Crippen LogP contribution in [0.1, 0.15) is 68.9 Å². The monoisotopic (exact) mass is 533 g/mol. The van der Waals surface area contributed by atoms with E-state index in [-0.39, 0.29) is 18.2 Å². The maximum absolute atomic E-state index is 12.7. The minimum absolute atomic E-state index is 0.0301. The van der Waals surface area contributed by atoms with Crippen molar-refractivity contribution in [3.8, 4) is 11.8 Å². The van der Waals surface area contributed by atoms with Crippen molar-refractivity contribution >= 4 is 11.8 Å². The molecule has 0 saturated heterocycles. The molecule has 1 aliphatic carbocycles. The number of nitrogens with one attached hydrogen (secondary N) is 3. The number of nitrogens with zero attached hydrogens (tertiary/aromatic N) is 3. The summed E-state index contributed by atoms with van der Waals surface area (Å²) in [5, 5.41) is 19.4. The van der Waals surface area contributed by atoms with Crippen LogP contribution >= 0.6 is 0 Å². The number of anilines is 2. The second kappa shape index (κ2) is 15.3. The van der Waals surface area contributed by atoms with E-state index in [1.807, 2.05) is 0 Å². The van der Waals surface area contributed by atoms with Gasteiger partial charge < -0.3 is 26.4 Å². The molecular formula is C27H38F3N7O. The second-order valence-corrected chi connectivity index (χ2v) is 9.69. The maximum atomic E-state index is 12.7. The number of rotatable bonds is 15. The van der Waals surface area contributed by atoms with Gasteiger partial charge in [0.15, 0.2) is 0 Å². The lowest BCUT2D eigenvalue weighted by atomic mass is 9.86. The summed E-state index contributed by atoms with van der Waals surface area (Å²) >= 11 is 0. The zero-order chi connectivity index (χ0) is 27.2. The van der Waals surface area contributed by atoms with E-state index in [1.54, 1.807) is 6.07 Å². The van der Waals surface area contributed by atoms with Gasteiger partial charge in [-0.1, -0.05) is 37.5 Å². The van der Waals surface area contributed by atoms with Crippen LogP contribution < -0.4 is 26.4 Å². The molecule has 8 nitrogen and oxygen atoms in total. The largest absolute Gasteiger partial charge is 0.573 e. The number of hydrogen-bond donors (Lipinski definition) is 4. The van der Waals surface area contributed by atoms with Crippen LogP contribution in [-0.2, 0) is 6.54 Å². The molecule has 0 atom stereocenters. The van der Waals surface area contributed by atoms with Gasteiger partial charge in [0.05, 0.1) is 6.20 Å². The Balaban J connectivity index is 1.44. The number of hydrogen-bond acceptors (Lipinski definition) is 8. The van der Waals surface area contributed by atoms with Crippen LogP contribution in [0.2, 0.25) is 0 Å². The average molecular weight is 534 g/mol. The van der Waals surface area contributed by atoms with Gasteiger partial charge in [0.1, 0.15) is 23.2 Å². The number of unbranched alkanes of at least 4 members (excludes halogenated alkanes) is 4. The Morgan fingerprint density at radius 3 is 2.50 bits per heavy atom. The van der Waals surface area contributed by atoms with Gasteiger partial charge in [-0.15, -0.1) is 13.2 Å². The Bertz CT molecular complexity index is 1020. The molecule has 1 saturated carbocycles. The van der Waals surface area contributed by atoms with E-state index in [2.05, 4.69) is 36.7 Å². The fourth-order valence-corrected chi connectivity index (χ4v) is 4.65. The first-order valence-corrected chi connectivity index (χ1v) is 13.4. The lowest BCUT2D eigenvalue weighted by molar-refractivity contribution is -0.274. The number of para-hydroxylation sites is 1. The van der Waals surface area contributed by atoms with E-state index in [0.29, 0.717) is 35.4 Å². The van der Waals surface area contributed by atoms with Crippen molar-refractivity contribution in [2.75, 3.05) is 30.3 Å². The molecule has 2 aromatic rings. The van der Waals surface area contributed by atoms with Crippen molar-refractivity contribution in [3.05, 3.63) is 41.6 Å². The Morgan fingerprint density at radius 1 is 1.03 bits per heavy atom. The van der Waals surface area contributed by atoms with Crippen molar-refractivity contribution in [2.24, 2.45) is 11.7 Å². The molecule has 1 fully saturated rings. The van der Waals surface area contributed by atoms with Crippen molar-refractivity contribution < 1.29 is 17.9 Å². The fourth-order valence-electron chi connectivity index (χ4n) is 4.65. The first kappa shape index (κ1) is 29.5. The molecule has 0 spiro atoms. The SMILES string of the molecule is N#Cc1cnc(NCc2ccccc2OC(F)(F)F)nc1NCC1CCC(NCCCCCCCN)CC1. The molecule has 0 aliphatic heterocycles. The van der Waals surface area contributed by atoms with E-state index < -0.39 is 6.36 Å². The summed E-state index contributed by atoms with van der Waals surface area (Å²) in [7, 11) is 0. The quantitative estimate of drug-likeness (QED) is 0.227. The highest BCUT2D eigenvalue weighted by molar-refractivity contribution is 5.53. The van der Waals surface area contributed by atoms with Gasteiger partial charge in [0.2, 0.25) is 5.95 Å². The number of nitriles is 1. The standard InChI is InChI=1S/C27H38F3N7O/c28-27(29,30)38-24-9-5-4-8-21(24)18-35-26-36-19-22(16-32)25(37-26)34-17-20-10-12-23(13-11-20)33-15-7-3-1-2-6-14-31/h4-5,8-9,19-20,23,33H,1-3,6-7,10-15,17-18,31H2,(H2,34,35,36,37). The highest BCUT2D eigenvalue weighted by Crippen LogP contribution is 2.27. The number of benzene rings is 1. The summed E-state index contributed by atoms with van der Waals surface area (Å²) in [6.07, 6.45) is 7.10. The number of nitrogens with two attached hydrogens (primary N) is 1. The summed E-state index contributed by atoms with van der Waals surface area (Å²) in [6.45, 7) is 2.57. The number of halogens is 3.